The molecule has 3 aromatic rings. The molecule has 2 aromatic carbocycles. The van der Waals surface area contributed by atoms with E-state index in [2.05, 4.69) is 113 Å². The number of nitrogens with one attached hydrogen (secondary N) is 3. The van der Waals surface area contributed by atoms with Gasteiger partial charge in [-0.3, -0.25) is 0 Å². The zero-order chi connectivity index (χ0) is 22.6. The van der Waals surface area contributed by atoms with Crippen LogP contribution in [0.5, 0.6) is 0 Å². The Hall–Kier alpha value is -3.31. The highest BCUT2D eigenvalue weighted by Crippen LogP contribution is 2.37. The zero-order valence-electron chi connectivity index (χ0n) is 19.2. The molecule has 0 atom stereocenters. The number of para-hydroxylation sites is 2. The van der Waals surface area contributed by atoms with Crippen LogP contribution in [0.3, 0.4) is 0 Å². The standard InChI is InChI=1S/C28H30N4S/c1-3-29-25-10-6-8-12-27(25)33-31-19-20-15-22-13-14-30-28(22)23(16-20)18-24-17-21-9-5-7-11-26(21)32(24)4-2/h5-14,16,18-19,29-31H,3-4,15,17H2,1-2H3/b20-19+,24-18+. The molecule has 2 heterocycles. The molecular weight excluding hydrogens is 424 g/mol. The van der Waals surface area contributed by atoms with Gasteiger partial charge in [0.25, 0.3) is 0 Å². The molecule has 1 aliphatic heterocycles. The third kappa shape index (κ3) is 4.46. The lowest BCUT2D eigenvalue weighted by Gasteiger charge is -2.21. The van der Waals surface area contributed by atoms with Gasteiger partial charge in [-0.1, -0.05) is 30.3 Å². The zero-order valence-corrected chi connectivity index (χ0v) is 20.0. The van der Waals surface area contributed by atoms with Crippen LogP contribution in [0.25, 0.3) is 5.57 Å². The van der Waals surface area contributed by atoms with Crippen molar-refractivity contribution < 1.29 is 0 Å². The second kappa shape index (κ2) is 9.67. The first-order valence-corrected chi connectivity index (χ1v) is 12.5. The van der Waals surface area contributed by atoms with Crippen molar-refractivity contribution in [2.24, 2.45) is 0 Å². The van der Waals surface area contributed by atoms with Gasteiger partial charge >= 0.3 is 0 Å². The number of H-pyrrole nitrogens is 1. The molecule has 0 unspecified atom stereocenters. The van der Waals surface area contributed by atoms with E-state index in [0.29, 0.717) is 0 Å². The molecule has 1 aromatic heterocycles. The van der Waals surface area contributed by atoms with Gasteiger partial charge < -0.3 is 19.9 Å². The summed E-state index contributed by atoms with van der Waals surface area (Å²) in [5, 5.41) is 3.43. The number of benzene rings is 2. The van der Waals surface area contributed by atoms with Gasteiger partial charge in [-0.15, -0.1) is 0 Å². The van der Waals surface area contributed by atoms with Gasteiger partial charge in [0.1, 0.15) is 0 Å². The number of hydrogen-bond acceptors (Lipinski definition) is 4. The van der Waals surface area contributed by atoms with E-state index < -0.39 is 0 Å². The van der Waals surface area contributed by atoms with Crippen LogP contribution >= 0.6 is 11.9 Å². The fourth-order valence-electron chi connectivity index (χ4n) is 4.68. The molecule has 0 radical (unpaired) electrons. The normalized spacial score (nSPS) is 17.2. The third-order valence-electron chi connectivity index (χ3n) is 6.16. The topological polar surface area (TPSA) is 43.1 Å². The van der Waals surface area contributed by atoms with Crippen LogP contribution in [0, 0.1) is 0 Å². The predicted molar refractivity (Wildman–Crippen MR) is 141 cm³/mol. The number of hydrogen-bond donors (Lipinski definition) is 3. The van der Waals surface area contributed by atoms with Crippen molar-refractivity contribution in [3.05, 3.63) is 107 Å². The SMILES string of the molecule is CCNc1ccccc1SN/C=C1C=C(/C=C2\Cc3ccccc3N2CC)c2[nH]ccc2C/1. The van der Waals surface area contributed by atoms with Crippen LogP contribution in [0.15, 0.2) is 95.3 Å². The predicted octanol–water partition coefficient (Wildman–Crippen LogP) is 6.53. The number of nitrogens with zero attached hydrogens (tertiary/aromatic N) is 1. The van der Waals surface area contributed by atoms with Crippen LogP contribution in [0.4, 0.5) is 11.4 Å². The molecule has 5 heteroatoms. The fraction of sp³-hybridized carbons (Fsp3) is 0.214. The van der Waals surface area contributed by atoms with Crippen LogP contribution in [0.2, 0.25) is 0 Å². The van der Waals surface area contributed by atoms with Crippen molar-refractivity contribution in [1.82, 2.24) is 9.71 Å². The molecule has 4 nitrogen and oxygen atoms in total. The summed E-state index contributed by atoms with van der Waals surface area (Å²) < 4.78 is 3.47. The Labute approximate surface area is 200 Å². The number of rotatable bonds is 7. The number of allylic oxidation sites excluding steroid dienone is 5. The average molecular weight is 455 g/mol. The smallest absolute Gasteiger partial charge is 0.0516 e. The van der Waals surface area contributed by atoms with E-state index in [0.717, 1.165) is 31.6 Å². The molecule has 0 saturated heterocycles. The molecule has 33 heavy (non-hydrogen) atoms. The summed E-state index contributed by atoms with van der Waals surface area (Å²) in [7, 11) is 0. The van der Waals surface area contributed by atoms with Gasteiger partial charge in [0.05, 0.1) is 4.90 Å². The molecule has 5 rings (SSSR count). The molecule has 1 aliphatic carbocycles. The quantitative estimate of drug-likeness (QED) is 0.355. The van der Waals surface area contributed by atoms with E-state index in [1.54, 1.807) is 11.9 Å². The van der Waals surface area contributed by atoms with Crippen LogP contribution in [-0.4, -0.2) is 18.1 Å². The van der Waals surface area contributed by atoms with Gasteiger partial charge in [-0.2, -0.15) is 0 Å². The van der Waals surface area contributed by atoms with Crippen LogP contribution < -0.4 is 14.9 Å². The molecule has 168 valence electrons. The molecule has 0 saturated carbocycles. The first-order chi connectivity index (χ1) is 16.3. The first kappa shape index (κ1) is 21.5. The highest BCUT2D eigenvalue weighted by atomic mass is 32.2. The Bertz CT molecular complexity index is 1230. The maximum atomic E-state index is 3.47. The minimum absolute atomic E-state index is 0.911. The summed E-state index contributed by atoms with van der Waals surface area (Å²) in [4.78, 5) is 7.10. The van der Waals surface area contributed by atoms with Gasteiger partial charge in [-0.25, -0.2) is 0 Å². The largest absolute Gasteiger partial charge is 0.384 e. The maximum absolute atomic E-state index is 3.47. The minimum atomic E-state index is 0.911. The Kier molecular flexibility index (Phi) is 6.31. The molecular formula is C28H30N4S. The Balaban J connectivity index is 1.40. The van der Waals surface area contributed by atoms with Crippen molar-refractivity contribution in [3.63, 3.8) is 0 Å². The van der Waals surface area contributed by atoms with Gasteiger partial charge in [0.15, 0.2) is 0 Å². The van der Waals surface area contributed by atoms with Crippen LogP contribution in [0.1, 0.15) is 30.7 Å². The summed E-state index contributed by atoms with van der Waals surface area (Å²) in [6.07, 6.45) is 10.8. The molecule has 0 amide bonds. The lowest BCUT2D eigenvalue weighted by atomic mass is 9.93. The maximum Gasteiger partial charge on any atom is 0.0516 e. The summed E-state index contributed by atoms with van der Waals surface area (Å²) in [6.45, 7) is 6.23. The second-order valence-corrected chi connectivity index (χ2v) is 9.19. The van der Waals surface area contributed by atoms with Crippen molar-refractivity contribution in [2.75, 3.05) is 23.3 Å². The number of anilines is 2. The van der Waals surface area contributed by atoms with E-state index in [4.69, 9.17) is 0 Å². The number of fused-ring (bicyclic) bond motifs is 2. The molecule has 0 bridgehead atoms. The summed E-state index contributed by atoms with van der Waals surface area (Å²) >= 11 is 1.64. The van der Waals surface area contributed by atoms with E-state index in [9.17, 15) is 0 Å². The number of aromatic nitrogens is 1. The second-order valence-electron chi connectivity index (χ2n) is 8.31. The summed E-state index contributed by atoms with van der Waals surface area (Å²) in [5.41, 5.74) is 10.4. The van der Waals surface area contributed by atoms with E-state index in [1.165, 1.54) is 44.2 Å². The molecule has 0 fully saturated rings. The first-order valence-electron chi connectivity index (χ1n) is 11.7. The number of aromatic amines is 1. The monoisotopic (exact) mass is 454 g/mol. The Morgan fingerprint density at radius 1 is 1.00 bits per heavy atom. The van der Waals surface area contributed by atoms with Gasteiger partial charge in [-0.05, 0) is 78.9 Å². The van der Waals surface area contributed by atoms with E-state index in [-0.39, 0.29) is 0 Å². The Morgan fingerprint density at radius 2 is 1.85 bits per heavy atom. The van der Waals surface area contributed by atoms with E-state index in [1.807, 2.05) is 0 Å². The summed E-state index contributed by atoms with van der Waals surface area (Å²) in [5.74, 6) is 0. The van der Waals surface area contributed by atoms with Crippen molar-refractivity contribution in [1.29, 1.82) is 0 Å². The lowest BCUT2D eigenvalue weighted by molar-refractivity contribution is 0.966. The third-order valence-corrected chi connectivity index (χ3v) is 6.98. The Morgan fingerprint density at radius 3 is 2.73 bits per heavy atom. The highest BCUT2D eigenvalue weighted by molar-refractivity contribution is 7.97. The van der Waals surface area contributed by atoms with Gasteiger partial charge in [0.2, 0.25) is 0 Å². The minimum Gasteiger partial charge on any atom is -0.384 e. The molecule has 2 aliphatic rings. The van der Waals surface area contributed by atoms with Crippen molar-refractivity contribution in [3.8, 4) is 0 Å². The molecule has 0 spiro atoms. The van der Waals surface area contributed by atoms with Gasteiger partial charge in [0, 0.05) is 66.7 Å². The number of likely N-dealkylation sites (N-methyl/N-ethyl adjacent to an activating group) is 1. The highest BCUT2D eigenvalue weighted by Gasteiger charge is 2.24. The lowest BCUT2D eigenvalue weighted by Crippen LogP contribution is -2.18. The van der Waals surface area contributed by atoms with Crippen molar-refractivity contribution >= 4 is 28.9 Å². The fourth-order valence-corrected chi connectivity index (χ4v) is 5.41. The van der Waals surface area contributed by atoms with Crippen LogP contribution in [-0.2, 0) is 12.8 Å². The summed E-state index contributed by atoms with van der Waals surface area (Å²) in [6, 6.07) is 19.3. The average Bonchev–Trinajstić information content (AvgIpc) is 3.44. The van der Waals surface area contributed by atoms with E-state index >= 15 is 0 Å². The molecule has 3 N–H and O–H groups in total. The van der Waals surface area contributed by atoms with Crippen molar-refractivity contribution in [2.45, 2.75) is 31.6 Å².